The van der Waals surface area contributed by atoms with E-state index in [0.29, 0.717) is 5.69 Å². The Bertz CT molecular complexity index is 669. The Morgan fingerprint density at radius 2 is 1.52 bits per heavy atom. The Labute approximate surface area is 155 Å². The summed E-state index contributed by atoms with van der Waals surface area (Å²) < 4.78 is 0. The van der Waals surface area contributed by atoms with Crippen LogP contribution in [0.1, 0.15) is 38.3 Å². The van der Waals surface area contributed by atoms with Crippen molar-refractivity contribution in [1.82, 2.24) is 0 Å². The molecule has 0 aliphatic heterocycles. The first-order valence-corrected chi connectivity index (χ1v) is 7.62. The van der Waals surface area contributed by atoms with Gasteiger partial charge in [0.25, 0.3) is 0 Å². The molecule has 0 spiro atoms. The molecule has 1 aliphatic carbocycles. The van der Waals surface area contributed by atoms with Gasteiger partial charge in [-0.1, -0.05) is 73.5 Å². The summed E-state index contributed by atoms with van der Waals surface area (Å²) in [7, 11) is 0. The molecule has 0 bridgehead atoms. The van der Waals surface area contributed by atoms with Crippen LogP contribution in [0.5, 0.6) is 0 Å². The quantitative estimate of drug-likeness (QED) is 0.427. The maximum Gasteiger partial charge on any atom is 2.00 e. The summed E-state index contributed by atoms with van der Waals surface area (Å²) in [5, 5.41) is 0. The minimum absolute atomic E-state index is 0. The van der Waals surface area contributed by atoms with E-state index in [2.05, 4.69) is 57.2 Å². The fraction of sp³-hybridized carbons (Fsp3) is 0.190. The molecule has 0 radical (unpaired) electrons. The Morgan fingerprint density at radius 3 is 2.00 bits per heavy atom. The number of allylic oxidation sites excluding steroid dienone is 4. The molecule has 0 heterocycles. The zero-order valence-electron chi connectivity index (χ0n) is 14.1. The van der Waals surface area contributed by atoms with Crippen molar-refractivity contribution < 1.29 is 21.7 Å². The second-order valence-corrected chi connectivity index (χ2v) is 5.68. The first-order chi connectivity index (χ1) is 10.6. The maximum atomic E-state index is 7.00. The molecule has 0 unspecified atom stereocenters. The fourth-order valence-electron chi connectivity index (χ4n) is 2.56. The molecular weight excluding hydrogens is 314 g/mol. The van der Waals surface area contributed by atoms with E-state index >= 15 is 0 Å². The van der Waals surface area contributed by atoms with Crippen LogP contribution in [0.2, 0.25) is 0 Å². The van der Waals surface area contributed by atoms with Gasteiger partial charge in [-0.2, -0.15) is 17.5 Å². The topological polar surface area (TPSA) is 23.8 Å². The zero-order valence-corrected chi connectivity index (χ0v) is 15.6. The van der Waals surface area contributed by atoms with Crippen LogP contribution in [-0.2, 0) is 21.7 Å². The van der Waals surface area contributed by atoms with Crippen molar-refractivity contribution in [2.24, 2.45) is 0 Å². The summed E-state index contributed by atoms with van der Waals surface area (Å²) in [6.45, 7) is 6.55. The van der Waals surface area contributed by atoms with Crippen molar-refractivity contribution in [2.75, 3.05) is 0 Å². The van der Waals surface area contributed by atoms with Crippen molar-refractivity contribution in [3.05, 3.63) is 95.1 Å². The molecule has 0 amide bonds. The van der Waals surface area contributed by atoms with Crippen molar-refractivity contribution in [1.29, 1.82) is 0 Å². The molecular formula is C21H23NTi. The van der Waals surface area contributed by atoms with Crippen molar-refractivity contribution >= 4 is 11.3 Å². The molecule has 116 valence electrons. The van der Waals surface area contributed by atoms with Gasteiger partial charge in [-0.25, -0.2) is 0 Å². The molecule has 2 aromatic carbocycles. The van der Waals surface area contributed by atoms with Crippen molar-refractivity contribution in [2.45, 2.75) is 27.2 Å². The maximum absolute atomic E-state index is 7.00. The molecule has 1 N–H and O–H groups in total. The van der Waals surface area contributed by atoms with Gasteiger partial charge in [-0.05, 0) is 13.3 Å². The molecule has 2 heteroatoms. The standard InChI is InChI=1S/C15H17.C6H6N.Ti/c1-11(2)13-8-4-5-9-15(13)14-10-6-7-12(14)3;7-6-4-2-1-3-5-6;/h4-9H,10H2,1-3H3;1-5,7H;/q2*-1;+2. The van der Waals surface area contributed by atoms with E-state index < -0.39 is 0 Å². The average molecular weight is 337 g/mol. The van der Waals surface area contributed by atoms with Crippen LogP contribution in [0.15, 0.2) is 72.3 Å². The number of hydrogen-bond donors (Lipinski definition) is 0. The molecule has 3 rings (SSSR count). The Balaban J connectivity index is 0.000000280. The monoisotopic (exact) mass is 337 g/mol. The van der Waals surface area contributed by atoms with E-state index in [-0.39, 0.29) is 21.7 Å². The Kier molecular flexibility index (Phi) is 7.95. The molecule has 1 aliphatic rings. The van der Waals surface area contributed by atoms with E-state index in [9.17, 15) is 0 Å². The Hall–Kier alpha value is -1.70. The van der Waals surface area contributed by atoms with Gasteiger partial charge in [-0.3, -0.25) is 0 Å². The van der Waals surface area contributed by atoms with E-state index in [4.69, 9.17) is 5.73 Å². The van der Waals surface area contributed by atoms with Gasteiger partial charge in [0.1, 0.15) is 0 Å². The average Bonchev–Trinajstić information content (AvgIpc) is 2.94. The molecule has 0 aromatic heterocycles. The molecule has 0 atom stereocenters. The predicted molar refractivity (Wildman–Crippen MR) is 96.9 cm³/mol. The molecule has 2 aromatic rings. The third-order valence-corrected chi connectivity index (χ3v) is 3.73. The second kappa shape index (κ2) is 9.44. The van der Waals surface area contributed by atoms with Gasteiger partial charge in [-0.15, -0.1) is 23.4 Å². The minimum atomic E-state index is 0. The van der Waals surface area contributed by atoms with Gasteiger partial charge >= 0.3 is 21.7 Å². The van der Waals surface area contributed by atoms with Gasteiger partial charge in [0.05, 0.1) is 0 Å². The summed E-state index contributed by atoms with van der Waals surface area (Å²) in [5.74, 6) is 1.39. The predicted octanol–water partition coefficient (Wildman–Crippen LogP) is 6.75. The summed E-state index contributed by atoms with van der Waals surface area (Å²) in [4.78, 5) is 0. The SMILES string of the molecule is CC1=C(c2ccccc2[C-](C)C)CC=C1.[NH-]c1ccccc1.[Ti+2]. The van der Waals surface area contributed by atoms with Crippen LogP contribution in [0.25, 0.3) is 11.3 Å². The third-order valence-electron chi connectivity index (χ3n) is 3.73. The Morgan fingerprint density at radius 1 is 0.913 bits per heavy atom. The van der Waals surface area contributed by atoms with Crippen LogP contribution >= 0.6 is 0 Å². The summed E-state index contributed by atoms with van der Waals surface area (Å²) >= 11 is 0. The summed E-state index contributed by atoms with van der Waals surface area (Å²) in [6, 6.07) is 17.8. The van der Waals surface area contributed by atoms with Crippen LogP contribution < -0.4 is 0 Å². The van der Waals surface area contributed by atoms with Crippen LogP contribution in [0, 0.1) is 5.92 Å². The van der Waals surface area contributed by atoms with E-state index in [1.807, 2.05) is 18.2 Å². The van der Waals surface area contributed by atoms with Gasteiger partial charge in [0.2, 0.25) is 0 Å². The number of nitrogens with one attached hydrogen (secondary N) is 1. The largest absolute Gasteiger partial charge is 2.00 e. The molecule has 0 fully saturated rings. The fourth-order valence-corrected chi connectivity index (χ4v) is 2.56. The molecule has 1 nitrogen and oxygen atoms in total. The third kappa shape index (κ3) is 5.46. The first-order valence-electron chi connectivity index (χ1n) is 7.62. The van der Waals surface area contributed by atoms with Crippen LogP contribution in [-0.4, -0.2) is 0 Å². The van der Waals surface area contributed by atoms with E-state index in [1.165, 1.54) is 28.2 Å². The molecule has 0 saturated heterocycles. The first kappa shape index (κ1) is 19.4. The number of benzene rings is 2. The zero-order chi connectivity index (χ0) is 15.9. The molecule has 23 heavy (non-hydrogen) atoms. The van der Waals surface area contributed by atoms with Gasteiger partial charge < -0.3 is 5.73 Å². The minimum Gasteiger partial charge on any atom is -0.699 e. The number of rotatable bonds is 2. The van der Waals surface area contributed by atoms with E-state index in [1.54, 1.807) is 12.1 Å². The van der Waals surface area contributed by atoms with Crippen LogP contribution in [0.4, 0.5) is 5.69 Å². The molecule has 0 saturated carbocycles. The smallest absolute Gasteiger partial charge is 0.699 e. The second-order valence-electron chi connectivity index (χ2n) is 5.68. The van der Waals surface area contributed by atoms with Crippen molar-refractivity contribution in [3.63, 3.8) is 0 Å². The van der Waals surface area contributed by atoms with Crippen LogP contribution in [0.3, 0.4) is 0 Å². The van der Waals surface area contributed by atoms with E-state index in [0.717, 1.165) is 6.42 Å². The summed E-state index contributed by atoms with van der Waals surface area (Å²) in [5.41, 5.74) is 13.2. The van der Waals surface area contributed by atoms with Gasteiger partial charge in [0, 0.05) is 0 Å². The summed E-state index contributed by atoms with van der Waals surface area (Å²) in [6.07, 6.45) is 5.54. The normalized spacial score (nSPS) is 12.3. The van der Waals surface area contributed by atoms with Crippen molar-refractivity contribution in [3.8, 4) is 0 Å². The number of hydrogen-bond acceptors (Lipinski definition) is 0. The van der Waals surface area contributed by atoms with Gasteiger partial charge in [0.15, 0.2) is 0 Å².